The molecule has 9 heteroatoms. The maximum atomic E-state index is 12.3. The summed E-state index contributed by atoms with van der Waals surface area (Å²) < 4.78 is 47.4. The Balaban J connectivity index is 2.14. The standard InChI is InChI=1S/C14H17F3N2O4/c1-18-6-4-11(5-7-18)23-12-3-2-10(19(20)21)8-13(12)22-9-14(15,16)17/h2-3,8,11H,4-7,9H2,1H3. The first kappa shape index (κ1) is 17.3. The Bertz CT molecular complexity index is 557. The van der Waals surface area contributed by atoms with Crippen LogP contribution in [-0.2, 0) is 0 Å². The molecule has 0 N–H and O–H groups in total. The van der Waals surface area contributed by atoms with Gasteiger partial charge in [-0.2, -0.15) is 13.2 Å². The van der Waals surface area contributed by atoms with E-state index >= 15 is 0 Å². The topological polar surface area (TPSA) is 64.8 Å². The third kappa shape index (κ3) is 5.27. The molecule has 0 radical (unpaired) electrons. The smallest absolute Gasteiger partial charge is 0.422 e. The Hall–Kier alpha value is -2.03. The summed E-state index contributed by atoms with van der Waals surface area (Å²) >= 11 is 0. The van der Waals surface area contributed by atoms with Crippen LogP contribution in [0, 0.1) is 10.1 Å². The molecule has 0 aliphatic carbocycles. The number of ether oxygens (including phenoxy) is 2. The van der Waals surface area contributed by atoms with Crippen molar-refractivity contribution in [2.75, 3.05) is 26.7 Å². The molecule has 0 saturated carbocycles. The number of non-ortho nitro benzene ring substituents is 1. The number of nitro groups is 1. The molecule has 2 rings (SSSR count). The van der Waals surface area contributed by atoms with Gasteiger partial charge in [-0.1, -0.05) is 0 Å². The summed E-state index contributed by atoms with van der Waals surface area (Å²) in [4.78, 5) is 12.2. The number of hydrogen-bond donors (Lipinski definition) is 0. The Morgan fingerprint density at radius 2 is 1.96 bits per heavy atom. The highest BCUT2D eigenvalue weighted by Crippen LogP contribution is 2.34. The van der Waals surface area contributed by atoms with E-state index in [4.69, 9.17) is 9.47 Å². The van der Waals surface area contributed by atoms with Gasteiger partial charge in [-0.3, -0.25) is 10.1 Å². The molecule has 1 saturated heterocycles. The van der Waals surface area contributed by atoms with Gasteiger partial charge in [-0.25, -0.2) is 0 Å². The summed E-state index contributed by atoms with van der Waals surface area (Å²) in [7, 11) is 1.97. The minimum atomic E-state index is -4.53. The van der Waals surface area contributed by atoms with Gasteiger partial charge in [0.1, 0.15) is 6.10 Å². The van der Waals surface area contributed by atoms with E-state index in [9.17, 15) is 23.3 Å². The largest absolute Gasteiger partial charge is 0.486 e. The van der Waals surface area contributed by atoms with Crippen LogP contribution < -0.4 is 9.47 Å². The highest BCUT2D eigenvalue weighted by atomic mass is 19.4. The van der Waals surface area contributed by atoms with Gasteiger partial charge in [0.2, 0.25) is 0 Å². The molecule has 0 unspecified atom stereocenters. The van der Waals surface area contributed by atoms with Crippen molar-refractivity contribution >= 4 is 5.69 Å². The van der Waals surface area contributed by atoms with Crippen LogP contribution >= 0.6 is 0 Å². The Morgan fingerprint density at radius 1 is 1.30 bits per heavy atom. The predicted molar refractivity (Wildman–Crippen MR) is 75.8 cm³/mol. The van der Waals surface area contributed by atoms with Crippen LogP contribution in [0.5, 0.6) is 11.5 Å². The molecule has 6 nitrogen and oxygen atoms in total. The first-order valence-corrected chi connectivity index (χ1v) is 7.08. The fourth-order valence-electron chi connectivity index (χ4n) is 2.26. The number of halogens is 3. The van der Waals surface area contributed by atoms with E-state index in [1.54, 1.807) is 0 Å². The number of piperidine rings is 1. The SMILES string of the molecule is CN1CCC(Oc2ccc([N+](=O)[O-])cc2OCC(F)(F)F)CC1. The van der Waals surface area contributed by atoms with Crippen molar-refractivity contribution in [2.45, 2.75) is 25.1 Å². The average molecular weight is 334 g/mol. The second-order valence-electron chi connectivity index (χ2n) is 5.41. The fraction of sp³-hybridized carbons (Fsp3) is 0.571. The van der Waals surface area contributed by atoms with Gasteiger partial charge in [0.25, 0.3) is 5.69 Å². The third-order valence-electron chi connectivity index (χ3n) is 3.49. The molecule has 1 aliphatic rings. The molecule has 128 valence electrons. The zero-order chi connectivity index (χ0) is 17.0. The van der Waals surface area contributed by atoms with Crippen LogP contribution in [0.25, 0.3) is 0 Å². The molecule has 0 bridgehead atoms. The van der Waals surface area contributed by atoms with Gasteiger partial charge < -0.3 is 14.4 Å². The van der Waals surface area contributed by atoms with Crippen LogP contribution in [0.2, 0.25) is 0 Å². The lowest BCUT2D eigenvalue weighted by Gasteiger charge is -2.29. The zero-order valence-electron chi connectivity index (χ0n) is 12.5. The van der Waals surface area contributed by atoms with Crippen LogP contribution in [-0.4, -0.2) is 48.8 Å². The molecular weight excluding hydrogens is 317 g/mol. The van der Waals surface area contributed by atoms with Gasteiger partial charge in [-0.05, 0) is 26.0 Å². The minimum absolute atomic E-state index is 0.0920. The molecule has 0 amide bonds. The first-order chi connectivity index (χ1) is 10.7. The van der Waals surface area contributed by atoms with Crippen molar-refractivity contribution < 1.29 is 27.6 Å². The summed E-state index contributed by atoms with van der Waals surface area (Å²) in [5, 5.41) is 10.8. The van der Waals surface area contributed by atoms with Crippen molar-refractivity contribution in [3.8, 4) is 11.5 Å². The molecule has 1 aliphatic heterocycles. The summed E-state index contributed by atoms with van der Waals surface area (Å²) in [5.74, 6) is -0.176. The molecule has 0 atom stereocenters. The Kier molecular flexibility index (Phi) is 5.30. The van der Waals surface area contributed by atoms with E-state index in [2.05, 4.69) is 4.90 Å². The quantitative estimate of drug-likeness (QED) is 0.612. The van der Waals surface area contributed by atoms with Crippen molar-refractivity contribution in [1.82, 2.24) is 4.90 Å². The number of nitrogens with zero attached hydrogens (tertiary/aromatic N) is 2. The van der Waals surface area contributed by atoms with E-state index in [1.807, 2.05) is 7.05 Å². The monoisotopic (exact) mass is 334 g/mol. The Morgan fingerprint density at radius 3 is 2.52 bits per heavy atom. The second-order valence-corrected chi connectivity index (χ2v) is 5.41. The first-order valence-electron chi connectivity index (χ1n) is 7.08. The summed E-state index contributed by atoms with van der Waals surface area (Å²) in [6, 6.07) is 3.42. The van der Waals surface area contributed by atoms with Crippen LogP contribution in [0.4, 0.5) is 18.9 Å². The molecule has 23 heavy (non-hydrogen) atoms. The van der Waals surface area contributed by atoms with E-state index in [0.29, 0.717) is 0 Å². The number of rotatable bonds is 5. The summed E-state index contributed by atoms with van der Waals surface area (Å²) in [6.07, 6.45) is -3.23. The van der Waals surface area contributed by atoms with Crippen molar-refractivity contribution in [3.05, 3.63) is 28.3 Å². The third-order valence-corrected chi connectivity index (χ3v) is 3.49. The lowest BCUT2D eigenvalue weighted by atomic mass is 10.1. The lowest BCUT2D eigenvalue weighted by Crippen LogP contribution is -2.35. The molecular formula is C14H17F3N2O4. The minimum Gasteiger partial charge on any atom is -0.486 e. The van der Waals surface area contributed by atoms with E-state index < -0.39 is 17.7 Å². The van der Waals surface area contributed by atoms with Crippen molar-refractivity contribution in [3.63, 3.8) is 0 Å². The zero-order valence-corrected chi connectivity index (χ0v) is 12.5. The maximum absolute atomic E-state index is 12.3. The number of alkyl halides is 3. The lowest BCUT2D eigenvalue weighted by molar-refractivity contribution is -0.385. The van der Waals surface area contributed by atoms with Crippen LogP contribution in [0.15, 0.2) is 18.2 Å². The molecule has 0 spiro atoms. The summed E-state index contributed by atoms with van der Waals surface area (Å²) in [6.45, 7) is 0.102. The number of benzene rings is 1. The van der Waals surface area contributed by atoms with Gasteiger partial charge in [0.05, 0.1) is 11.0 Å². The van der Waals surface area contributed by atoms with E-state index in [0.717, 1.165) is 32.0 Å². The van der Waals surface area contributed by atoms with E-state index in [1.165, 1.54) is 12.1 Å². The van der Waals surface area contributed by atoms with E-state index in [-0.39, 0.29) is 23.3 Å². The molecule has 1 fully saturated rings. The predicted octanol–water partition coefficient (Wildman–Crippen LogP) is 3.01. The maximum Gasteiger partial charge on any atom is 0.422 e. The number of hydrogen-bond acceptors (Lipinski definition) is 5. The normalized spacial score (nSPS) is 17.0. The fourth-order valence-corrected chi connectivity index (χ4v) is 2.26. The van der Waals surface area contributed by atoms with Crippen LogP contribution in [0.1, 0.15) is 12.8 Å². The van der Waals surface area contributed by atoms with Gasteiger partial charge in [0.15, 0.2) is 18.1 Å². The summed E-state index contributed by atoms with van der Waals surface area (Å²) in [5.41, 5.74) is -0.349. The average Bonchev–Trinajstić information content (AvgIpc) is 2.47. The molecule has 1 heterocycles. The number of nitro benzene ring substituents is 1. The molecule has 0 aromatic heterocycles. The van der Waals surface area contributed by atoms with Gasteiger partial charge in [0, 0.05) is 19.2 Å². The highest BCUT2D eigenvalue weighted by molar-refractivity contribution is 5.48. The second kappa shape index (κ2) is 7.03. The highest BCUT2D eigenvalue weighted by Gasteiger charge is 2.30. The molecule has 1 aromatic rings. The Labute approximate surface area is 130 Å². The molecule has 1 aromatic carbocycles. The van der Waals surface area contributed by atoms with Crippen LogP contribution in [0.3, 0.4) is 0 Å². The van der Waals surface area contributed by atoms with Gasteiger partial charge >= 0.3 is 6.18 Å². The van der Waals surface area contributed by atoms with Crippen molar-refractivity contribution in [1.29, 1.82) is 0 Å². The van der Waals surface area contributed by atoms with Gasteiger partial charge in [-0.15, -0.1) is 0 Å². The van der Waals surface area contributed by atoms with Crippen molar-refractivity contribution in [2.24, 2.45) is 0 Å². The number of likely N-dealkylation sites (tertiary alicyclic amines) is 1.